The molecule has 0 spiro atoms. The van der Waals surface area contributed by atoms with Gasteiger partial charge in [-0.25, -0.2) is 15.0 Å². The number of imidazole rings is 1. The Morgan fingerprint density at radius 1 is 1.32 bits per heavy atom. The molecule has 25 heavy (non-hydrogen) atoms. The van der Waals surface area contributed by atoms with Gasteiger partial charge in [0.25, 0.3) is 0 Å². The summed E-state index contributed by atoms with van der Waals surface area (Å²) in [6.45, 7) is 1.66. The highest BCUT2D eigenvalue weighted by Crippen LogP contribution is 2.33. The molecule has 0 bridgehead atoms. The molecule has 0 radical (unpaired) electrons. The van der Waals surface area contributed by atoms with Gasteiger partial charge in [0.05, 0.1) is 6.61 Å². The first-order chi connectivity index (χ1) is 12.1. The van der Waals surface area contributed by atoms with Gasteiger partial charge in [-0.15, -0.1) is 0 Å². The molecular weight excluding hydrogens is 326 g/mol. The Bertz CT molecular complexity index is 812. The van der Waals surface area contributed by atoms with E-state index in [-0.39, 0.29) is 5.82 Å². The predicted molar refractivity (Wildman–Crippen MR) is 89.1 cm³/mol. The Kier molecular flexibility index (Phi) is 5.15. The smallest absolute Gasteiger partial charge is 0.189 e. The monoisotopic (exact) mass is 347 g/mol. The molecule has 0 saturated carbocycles. The summed E-state index contributed by atoms with van der Waals surface area (Å²) in [7, 11) is 0. The Morgan fingerprint density at radius 2 is 2.12 bits per heavy atom. The van der Waals surface area contributed by atoms with Gasteiger partial charge in [0.15, 0.2) is 29.0 Å². The molecule has 4 unspecified atom stereocenters. The fourth-order valence-electron chi connectivity index (χ4n) is 2.76. The van der Waals surface area contributed by atoms with Crippen molar-refractivity contribution in [1.82, 2.24) is 19.5 Å². The quantitative estimate of drug-likeness (QED) is 0.431. The van der Waals surface area contributed by atoms with Crippen LogP contribution in [0.5, 0.6) is 0 Å². The summed E-state index contributed by atoms with van der Waals surface area (Å²) in [5.41, 5.74) is 6.56. The summed E-state index contributed by atoms with van der Waals surface area (Å²) >= 11 is 0. The van der Waals surface area contributed by atoms with Gasteiger partial charge in [0.2, 0.25) is 0 Å². The minimum Gasteiger partial charge on any atom is -0.394 e. The summed E-state index contributed by atoms with van der Waals surface area (Å²) in [6.07, 6.45) is -0.405. The van der Waals surface area contributed by atoms with Crippen molar-refractivity contribution >= 4 is 17.0 Å². The van der Waals surface area contributed by atoms with Crippen LogP contribution >= 0.6 is 0 Å². The van der Waals surface area contributed by atoms with Gasteiger partial charge < -0.3 is 25.8 Å². The number of unbranched alkanes of at least 4 members (excludes halogenated alkanes) is 2. The lowest BCUT2D eigenvalue weighted by atomic mass is 10.1. The van der Waals surface area contributed by atoms with Crippen LogP contribution in [0.4, 0.5) is 5.82 Å². The molecule has 0 amide bonds. The molecule has 1 saturated heterocycles. The maximum Gasteiger partial charge on any atom is 0.189 e. The summed E-state index contributed by atoms with van der Waals surface area (Å²) in [5, 5.41) is 29.7. The van der Waals surface area contributed by atoms with Gasteiger partial charge in [-0.1, -0.05) is 19.3 Å². The fourth-order valence-corrected chi connectivity index (χ4v) is 2.76. The number of nitrogens with two attached hydrogens (primary N) is 1. The number of rotatable bonds is 4. The van der Waals surface area contributed by atoms with Crippen LogP contribution in [-0.4, -0.2) is 59.8 Å². The average Bonchev–Trinajstić information content (AvgIpc) is 3.11. The van der Waals surface area contributed by atoms with Crippen molar-refractivity contribution in [2.24, 2.45) is 0 Å². The second kappa shape index (κ2) is 7.33. The number of ether oxygens (including phenoxy) is 1. The normalized spacial score (nSPS) is 25.9. The number of hydrogen-bond acceptors (Lipinski definition) is 8. The number of anilines is 1. The lowest BCUT2D eigenvalue weighted by molar-refractivity contribution is -0.0514. The maximum atomic E-state index is 10.3. The van der Waals surface area contributed by atoms with Crippen molar-refractivity contribution in [3.8, 4) is 11.8 Å². The highest BCUT2D eigenvalue weighted by atomic mass is 16.6. The minimum atomic E-state index is -1.26. The minimum absolute atomic E-state index is 0.187. The molecule has 3 rings (SSSR count). The molecule has 4 atom stereocenters. The van der Waals surface area contributed by atoms with E-state index in [1.807, 2.05) is 0 Å². The Hall–Kier alpha value is -2.25. The molecule has 9 heteroatoms. The molecule has 3 heterocycles. The molecule has 0 aliphatic carbocycles. The van der Waals surface area contributed by atoms with E-state index in [1.54, 1.807) is 0 Å². The zero-order chi connectivity index (χ0) is 18.0. The van der Waals surface area contributed by atoms with Gasteiger partial charge in [-0.2, -0.15) is 0 Å². The second-order valence-electron chi connectivity index (χ2n) is 5.87. The first-order valence-corrected chi connectivity index (χ1v) is 8.18. The highest BCUT2D eigenvalue weighted by molar-refractivity contribution is 5.82. The van der Waals surface area contributed by atoms with E-state index in [0.717, 1.165) is 12.8 Å². The lowest BCUT2D eigenvalue weighted by Crippen LogP contribution is -2.33. The molecule has 2 aromatic heterocycles. The van der Waals surface area contributed by atoms with Gasteiger partial charge in [-0.05, 0) is 12.3 Å². The van der Waals surface area contributed by atoms with Gasteiger partial charge in [0.1, 0.15) is 24.6 Å². The van der Waals surface area contributed by atoms with Crippen LogP contribution in [0.2, 0.25) is 0 Å². The molecule has 1 fully saturated rings. The van der Waals surface area contributed by atoms with E-state index in [4.69, 9.17) is 10.5 Å². The van der Waals surface area contributed by atoms with E-state index >= 15 is 0 Å². The van der Waals surface area contributed by atoms with Gasteiger partial charge >= 0.3 is 0 Å². The third-order valence-electron chi connectivity index (χ3n) is 4.13. The first-order valence-electron chi connectivity index (χ1n) is 8.18. The number of aliphatic hydroxyl groups is 3. The van der Waals surface area contributed by atoms with Crippen LogP contribution in [0.1, 0.15) is 38.2 Å². The maximum absolute atomic E-state index is 10.3. The number of aromatic nitrogens is 4. The molecule has 134 valence electrons. The van der Waals surface area contributed by atoms with Crippen molar-refractivity contribution in [3.05, 3.63) is 12.2 Å². The molecular formula is C16H21N5O4. The van der Waals surface area contributed by atoms with E-state index < -0.39 is 31.1 Å². The van der Waals surface area contributed by atoms with Crippen molar-refractivity contribution in [1.29, 1.82) is 0 Å². The third-order valence-corrected chi connectivity index (χ3v) is 4.13. The van der Waals surface area contributed by atoms with Crippen molar-refractivity contribution < 1.29 is 20.1 Å². The topological polar surface area (TPSA) is 140 Å². The van der Waals surface area contributed by atoms with E-state index in [1.165, 1.54) is 10.9 Å². The summed E-state index contributed by atoms with van der Waals surface area (Å²) < 4.78 is 7.10. The second-order valence-corrected chi connectivity index (χ2v) is 5.87. The van der Waals surface area contributed by atoms with Crippen LogP contribution in [0.3, 0.4) is 0 Å². The van der Waals surface area contributed by atoms with Crippen molar-refractivity contribution in [2.75, 3.05) is 12.3 Å². The lowest BCUT2D eigenvalue weighted by Gasteiger charge is -2.17. The number of aliphatic hydroxyl groups excluding tert-OH is 3. The summed E-state index contributed by atoms with van der Waals surface area (Å²) in [5.74, 6) is 6.48. The van der Waals surface area contributed by atoms with Crippen molar-refractivity contribution in [2.45, 2.75) is 50.7 Å². The van der Waals surface area contributed by atoms with E-state index in [9.17, 15) is 15.3 Å². The Morgan fingerprint density at radius 3 is 2.80 bits per heavy atom. The standard InChI is InChI=1S/C16H21N5O4/c1-2-3-4-5-6-10-20-11-14(17)18-8-19-15(11)21(10)16-13(24)12(23)9(7-22)25-16/h8-9,12-13,16,22-24H,2-4,7H2,1H3,(H2,17,18,19). The van der Waals surface area contributed by atoms with Crippen LogP contribution in [-0.2, 0) is 4.74 Å². The SMILES string of the molecule is CCCCC#Cc1nc2c(N)ncnc2n1C1OC(CO)C(O)C1O. The van der Waals surface area contributed by atoms with Crippen LogP contribution in [0, 0.1) is 11.8 Å². The third kappa shape index (κ3) is 3.17. The molecule has 2 aromatic rings. The van der Waals surface area contributed by atoms with Gasteiger partial charge in [0, 0.05) is 6.42 Å². The van der Waals surface area contributed by atoms with Crippen LogP contribution in [0.25, 0.3) is 11.2 Å². The number of fused-ring (bicyclic) bond motifs is 1. The van der Waals surface area contributed by atoms with Crippen LogP contribution < -0.4 is 5.73 Å². The Balaban J connectivity index is 2.08. The van der Waals surface area contributed by atoms with Gasteiger partial charge in [-0.3, -0.25) is 4.57 Å². The molecule has 9 nitrogen and oxygen atoms in total. The summed E-state index contributed by atoms with van der Waals surface area (Å²) in [4.78, 5) is 12.5. The average molecular weight is 347 g/mol. The number of nitrogens with zero attached hydrogens (tertiary/aromatic N) is 4. The van der Waals surface area contributed by atoms with Crippen molar-refractivity contribution in [3.63, 3.8) is 0 Å². The number of hydrogen-bond donors (Lipinski definition) is 4. The molecule has 5 N–H and O–H groups in total. The predicted octanol–water partition coefficient (Wildman–Crippen LogP) is -0.438. The molecule has 1 aliphatic heterocycles. The largest absolute Gasteiger partial charge is 0.394 e. The highest BCUT2D eigenvalue weighted by Gasteiger charge is 2.44. The zero-order valence-corrected chi connectivity index (χ0v) is 13.8. The first kappa shape index (κ1) is 17.6. The van der Waals surface area contributed by atoms with E-state index in [2.05, 4.69) is 33.7 Å². The molecule has 0 aromatic carbocycles. The molecule has 1 aliphatic rings. The zero-order valence-electron chi connectivity index (χ0n) is 13.8. The fraction of sp³-hybridized carbons (Fsp3) is 0.562. The Labute approximate surface area is 144 Å². The number of nitrogen functional groups attached to an aromatic ring is 1. The van der Waals surface area contributed by atoms with Crippen LogP contribution in [0.15, 0.2) is 6.33 Å². The summed E-state index contributed by atoms with van der Waals surface area (Å²) in [6, 6.07) is 0. The van der Waals surface area contributed by atoms with E-state index in [0.29, 0.717) is 23.4 Å².